The lowest BCUT2D eigenvalue weighted by molar-refractivity contribution is -0.384. The van der Waals surface area contributed by atoms with Crippen LogP contribution in [0.1, 0.15) is 10.4 Å². The molecule has 0 aliphatic rings. The van der Waals surface area contributed by atoms with E-state index in [2.05, 4.69) is 5.10 Å². The third-order valence-electron chi connectivity index (χ3n) is 4.59. The van der Waals surface area contributed by atoms with Crippen LogP contribution in [0.15, 0.2) is 79.1 Å². The van der Waals surface area contributed by atoms with E-state index in [4.69, 9.17) is 0 Å². The van der Waals surface area contributed by atoms with Gasteiger partial charge in [-0.25, -0.2) is 4.68 Å². The van der Waals surface area contributed by atoms with Crippen molar-refractivity contribution < 1.29 is 9.72 Å². The number of nitro groups is 1. The molecule has 0 unspecified atom stereocenters. The number of carbonyl (C=O) groups is 1. The molecule has 7 heteroatoms. The number of anilines is 1. The Morgan fingerprint density at radius 1 is 1.04 bits per heavy atom. The molecule has 0 fully saturated rings. The molecule has 0 aliphatic heterocycles. The van der Waals surface area contributed by atoms with E-state index in [0.717, 1.165) is 16.5 Å². The molecule has 1 aromatic heterocycles. The number of aromatic nitrogens is 2. The Bertz CT molecular complexity index is 1180. The van der Waals surface area contributed by atoms with Gasteiger partial charge in [0, 0.05) is 30.8 Å². The molecule has 0 N–H and O–H groups in total. The van der Waals surface area contributed by atoms with Gasteiger partial charge in [0.1, 0.15) is 0 Å². The molecule has 1 amide bonds. The summed E-state index contributed by atoms with van der Waals surface area (Å²) < 4.78 is 1.52. The Kier molecular flexibility index (Phi) is 4.33. The number of non-ortho nitro benzene ring substituents is 1. The molecule has 28 heavy (non-hydrogen) atoms. The first-order valence-corrected chi connectivity index (χ1v) is 8.60. The number of nitrogens with zero attached hydrogens (tertiary/aromatic N) is 4. The van der Waals surface area contributed by atoms with E-state index in [1.165, 1.54) is 23.0 Å². The molecule has 0 saturated carbocycles. The minimum Gasteiger partial charge on any atom is -0.311 e. The zero-order chi connectivity index (χ0) is 19.7. The molecule has 138 valence electrons. The van der Waals surface area contributed by atoms with Crippen molar-refractivity contribution in [1.29, 1.82) is 0 Å². The van der Waals surface area contributed by atoms with Gasteiger partial charge < -0.3 is 4.90 Å². The summed E-state index contributed by atoms with van der Waals surface area (Å²) in [5.74, 6) is -0.190. The van der Waals surface area contributed by atoms with Crippen LogP contribution in [0.2, 0.25) is 0 Å². The summed E-state index contributed by atoms with van der Waals surface area (Å²) in [7, 11) is 1.73. The van der Waals surface area contributed by atoms with Crippen molar-refractivity contribution in [3.63, 3.8) is 0 Å². The molecule has 4 rings (SSSR count). The van der Waals surface area contributed by atoms with E-state index < -0.39 is 4.92 Å². The van der Waals surface area contributed by atoms with Crippen molar-refractivity contribution in [3.8, 4) is 5.69 Å². The van der Waals surface area contributed by atoms with Crippen LogP contribution in [-0.2, 0) is 0 Å². The molecular formula is C21H16N4O3. The molecule has 7 nitrogen and oxygen atoms in total. The smallest absolute Gasteiger partial charge is 0.269 e. The highest BCUT2D eigenvalue weighted by Gasteiger charge is 2.18. The van der Waals surface area contributed by atoms with Crippen LogP contribution < -0.4 is 4.90 Å². The summed E-state index contributed by atoms with van der Waals surface area (Å²) in [5, 5.41) is 17.0. The molecule has 3 aromatic carbocycles. The Labute approximate surface area is 160 Å². The van der Waals surface area contributed by atoms with E-state index >= 15 is 0 Å². The van der Waals surface area contributed by atoms with Crippen molar-refractivity contribution in [2.45, 2.75) is 0 Å². The van der Waals surface area contributed by atoms with E-state index in [1.807, 2.05) is 42.5 Å². The van der Waals surface area contributed by atoms with Crippen LogP contribution in [0, 0.1) is 10.1 Å². The molecule has 0 saturated heterocycles. The van der Waals surface area contributed by atoms with Crippen molar-refractivity contribution in [2.24, 2.45) is 0 Å². The Morgan fingerprint density at radius 2 is 1.75 bits per heavy atom. The Hall–Kier alpha value is -4.00. The third kappa shape index (κ3) is 3.09. The average Bonchev–Trinajstić information content (AvgIpc) is 3.22. The van der Waals surface area contributed by atoms with Gasteiger partial charge in [-0.15, -0.1) is 0 Å². The van der Waals surface area contributed by atoms with E-state index in [9.17, 15) is 14.9 Å². The maximum absolute atomic E-state index is 13.0. The monoisotopic (exact) mass is 372 g/mol. The standard InChI is InChI=1S/C21H16N4O3/c1-23(20-8-4-6-15-5-2-3-7-19(15)20)21(26)16-13-22-24(14-16)17-9-11-18(12-10-17)25(27)28/h2-14H,1H3. The number of fused-ring (bicyclic) bond motifs is 1. The van der Waals surface area contributed by atoms with Crippen LogP contribution in [0.25, 0.3) is 16.5 Å². The zero-order valence-corrected chi connectivity index (χ0v) is 15.0. The van der Waals surface area contributed by atoms with Gasteiger partial charge in [-0.2, -0.15) is 5.10 Å². The summed E-state index contributed by atoms with van der Waals surface area (Å²) in [4.78, 5) is 24.9. The molecular weight excluding hydrogens is 356 g/mol. The first kappa shape index (κ1) is 17.4. The highest BCUT2D eigenvalue weighted by atomic mass is 16.6. The van der Waals surface area contributed by atoms with Crippen LogP contribution in [0.3, 0.4) is 0 Å². The molecule has 0 bridgehead atoms. The van der Waals surface area contributed by atoms with Crippen LogP contribution >= 0.6 is 0 Å². The molecule has 0 atom stereocenters. The topological polar surface area (TPSA) is 81.3 Å². The Balaban J connectivity index is 1.63. The number of hydrogen-bond acceptors (Lipinski definition) is 4. The normalized spacial score (nSPS) is 10.8. The number of nitro benzene ring substituents is 1. The Morgan fingerprint density at radius 3 is 2.50 bits per heavy atom. The number of carbonyl (C=O) groups excluding carboxylic acids is 1. The van der Waals surface area contributed by atoms with Crippen molar-refractivity contribution >= 4 is 28.1 Å². The fourth-order valence-corrected chi connectivity index (χ4v) is 3.11. The second-order valence-electron chi connectivity index (χ2n) is 6.31. The van der Waals surface area contributed by atoms with Gasteiger partial charge in [0.05, 0.1) is 28.1 Å². The minimum atomic E-state index is -0.457. The van der Waals surface area contributed by atoms with Crippen molar-refractivity contribution in [2.75, 3.05) is 11.9 Å². The van der Waals surface area contributed by atoms with E-state index in [-0.39, 0.29) is 11.6 Å². The lowest BCUT2D eigenvalue weighted by atomic mass is 10.1. The summed E-state index contributed by atoms with van der Waals surface area (Å²) >= 11 is 0. The van der Waals surface area contributed by atoms with E-state index in [0.29, 0.717) is 11.3 Å². The van der Waals surface area contributed by atoms with Gasteiger partial charge in [-0.05, 0) is 23.6 Å². The highest BCUT2D eigenvalue weighted by Crippen LogP contribution is 2.27. The third-order valence-corrected chi connectivity index (χ3v) is 4.59. The average molecular weight is 372 g/mol. The van der Waals surface area contributed by atoms with Crippen molar-refractivity contribution in [1.82, 2.24) is 9.78 Å². The van der Waals surface area contributed by atoms with Gasteiger partial charge >= 0.3 is 0 Å². The zero-order valence-electron chi connectivity index (χ0n) is 15.0. The second-order valence-corrected chi connectivity index (χ2v) is 6.31. The van der Waals surface area contributed by atoms with Crippen LogP contribution in [-0.4, -0.2) is 27.7 Å². The predicted octanol–water partition coefficient (Wildman–Crippen LogP) is 4.21. The number of rotatable bonds is 4. The summed E-state index contributed by atoms with van der Waals surface area (Å²) in [6, 6.07) is 19.7. The molecule has 0 radical (unpaired) electrons. The SMILES string of the molecule is CN(C(=O)c1cnn(-c2ccc([N+](=O)[O-])cc2)c1)c1cccc2ccccc12. The van der Waals surface area contributed by atoms with Gasteiger partial charge in [0.25, 0.3) is 11.6 Å². The highest BCUT2D eigenvalue weighted by molar-refractivity contribution is 6.10. The summed E-state index contributed by atoms with van der Waals surface area (Å²) in [6.07, 6.45) is 3.11. The molecule has 0 spiro atoms. The maximum atomic E-state index is 13.0. The van der Waals surface area contributed by atoms with Gasteiger partial charge in [0.2, 0.25) is 0 Å². The predicted molar refractivity (Wildman–Crippen MR) is 107 cm³/mol. The lowest BCUT2D eigenvalue weighted by Gasteiger charge is -2.18. The second kappa shape index (κ2) is 6.96. The number of amides is 1. The molecule has 4 aromatic rings. The van der Waals surface area contributed by atoms with Crippen LogP contribution in [0.4, 0.5) is 11.4 Å². The maximum Gasteiger partial charge on any atom is 0.269 e. The van der Waals surface area contributed by atoms with E-state index in [1.54, 1.807) is 30.3 Å². The number of hydrogen-bond donors (Lipinski definition) is 0. The van der Waals surface area contributed by atoms with Gasteiger partial charge in [0.15, 0.2) is 0 Å². The van der Waals surface area contributed by atoms with Crippen LogP contribution in [0.5, 0.6) is 0 Å². The molecule has 0 aliphatic carbocycles. The van der Waals surface area contributed by atoms with Gasteiger partial charge in [-0.1, -0.05) is 36.4 Å². The number of benzene rings is 3. The summed E-state index contributed by atoms with van der Waals surface area (Å²) in [6.45, 7) is 0. The summed E-state index contributed by atoms with van der Waals surface area (Å²) in [5.41, 5.74) is 1.88. The van der Waals surface area contributed by atoms with Gasteiger partial charge in [-0.3, -0.25) is 14.9 Å². The quantitative estimate of drug-likeness (QED) is 0.397. The first-order valence-electron chi connectivity index (χ1n) is 8.60. The fraction of sp³-hybridized carbons (Fsp3) is 0.0476. The molecule has 1 heterocycles. The minimum absolute atomic E-state index is 0.00268. The van der Waals surface area contributed by atoms with Crippen molar-refractivity contribution in [3.05, 3.63) is 94.8 Å². The largest absolute Gasteiger partial charge is 0.311 e. The fourth-order valence-electron chi connectivity index (χ4n) is 3.11. The lowest BCUT2D eigenvalue weighted by Crippen LogP contribution is -2.26. The first-order chi connectivity index (χ1) is 13.5.